The first kappa shape index (κ1) is 13.6. The molecule has 3 rings (SSSR count). The Morgan fingerprint density at radius 2 is 1.95 bits per heavy atom. The Kier molecular flexibility index (Phi) is 3.52. The van der Waals surface area contributed by atoms with E-state index in [2.05, 4.69) is 11.8 Å². The normalized spacial score (nSPS) is 29.6. The minimum atomic E-state index is -0.358. The average molecular weight is 273 g/mol. The van der Waals surface area contributed by atoms with Gasteiger partial charge in [-0.3, -0.25) is 9.69 Å². The first-order valence-corrected chi connectivity index (χ1v) is 7.45. The molecule has 2 unspecified atom stereocenters. The Balaban J connectivity index is 1.77. The molecular weight excluding hydrogens is 250 g/mol. The molecule has 4 N–H and O–H groups in total. The molecule has 1 aromatic rings. The van der Waals surface area contributed by atoms with Crippen LogP contribution in [0.1, 0.15) is 47.2 Å². The standard InChI is InChI=1S/C16H23N3O/c1-10-6-11(16(18)20)2-3-12(10)9-19-14-4-5-15(19)8-13(17)7-14/h2-3,6,13-15H,4-5,7-9,17H2,1H3,(H2,18,20). The summed E-state index contributed by atoms with van der Waals surface area (Å²) in [7, 11) is 0. The second-order valence-electron chi connectivity index (χ2n) is 6.29. The van der Waals surface area contributed by atoms with Crippen LogP contribution in [0.4, 0.5) is 0 Å². The third-order valence-corrected chi connectivity index (χ3v) is 4.90. The molecule has 2 fully saturated rings. The molecule has 2 atom stereocenters. The summed E-state index contributed by atoms with van der Waals surface area (Å²) < 4.78 is 0. The molecule has 108 valence electrons. The molecule has 4 nitrogen and oxygen atoms in total. The predicted molar refractivity (Wildman–Crippen MR) is 79.3 cm³/mol. The number of carbonyl (C=O) groups excluding carboxylic acids is 1. The van der Waals surface area contributed by atoms with Gasteiger partial charge in [0.1, 0.15) is 0 Å². The van der Waals surface area contributed by atoms with Gasteiger partial charge in [0, 0.05) is 30.2 Å². The summed E-state index contributed by atoms with van der Waals surface area (Å²) in [5, 5.41) is 0. The first-order valence-electron chi connectivity index (χ1n) is 7.45. The molecule has 1 amide bonds. The molecule has 0 saturated carbocycles. The van der Waals surface area contributed by atoms with Crippen LogP contribution in [0.3, 0.4) is 0 Å². The molecule has 0 radical (unpaired) electrons. The van der Waals surface area contributed by atoms with Crippen LogP contribution < -0.4 is 11.5 Å². The molecule has 0 spiro atoms. The van der Waals surface area contributed by atoms with Crippen molar-refractivity contribution in [3.8, 4) is 0 Å². The third kappa shape index (κ3) is 2.45. The number of fused-ring (bicyclic) bond motifs is 2. The minimum absolute atomic E-state index is 0.358. The second-order valence-corrected chi connectivity index (χ2v) is 6.29. The maximum Gasteiger partial charge on any atom is 0.248 e. The Hall–Kier alpha value is -1.39. The van der Waals surface area contributed by atoms with Gasteiger partial charge in [-0.15, -0.1) is 0 Å². The summed E-state index contributed by atoms with van der Waals surface area (Å²) >= 11 is 0. The number of rotatable bonds is 3. The van der Waals surface area contributed by atoms with Gasteiger partial charge in [0.25, 0.3) is 0 Å². The number of hydrogen-bond donors (Lipinski definition) is 2. The van der Waals surface area contributed by atoms with Crippen LogP contribution in [0.2, 0.25) is 0 Å². The highest BCUT2D eigenvalue weighted by atomic mass is 16.1. The Morgan fingerprint density at radius 3 is 2.50 bits per heavy atom. The maximum absolute atomic E-state index is 11.2. The van der Waals surface area contributed by atoms with E-state index in [0.29, 0.717) is 23.7 Å². The van der Waals surface area contributed by atoms with Gasteiger partial charge in [0.15, 0.2) is 0 Å². The summed E-state index contributed by atoms with van der Waals surface area (Å²) in [4.78, 5) is 13.8. The Morgan fingerprint density at radius 1 is 1.30 bits per heavy atom. The van der Waals surface area contributed by atoms with Crippen molar-refractivity contribution in [2.24, 2.45) is 11.5 Å². The lowest BCUT2D eigenvalue weighted by Gasteiger charge is -2.38. The Bertz CT molecular complexity index is 514. The van der Waals surface area contributed by atoms with E-state index in [1.54, 1.807) is 0 Å². The van der Waals surface area contributed by atoms with Crippen LogP contribution in [0, 0.1) is 6.92 Å². The van der Waals surface area contributed by atoms with Crippen molar-refractivity contribution in [1.82, 2.24) is 4.90 Å². The van der Waals surface area contributed by atoms with Gasteiger partial charge in [0.05, 0.1) is 0 Å². The van der Waals surface area contributed by atoms with Gasteiger partial charge in [-0.25, -0.2) is 0 Å². The fourth-order valence-corrected chi connectivity index (χ4v) is 3.80. The fourth-order valence-electron chi connectivity index (χ4n) is 3.80. The zero-order valence-electron chi connectivity index (χ0n) is 12.0. The molecule has 2 aliphatic heterocycles. The number of nitrogens with zero attached hydrogens (tertiary/aromatic N) is 1. The van der Waals surface area contributed by atoms with Crippen molar-refractivity contribution in [2.75, 3.05) is 0 Å². The number of primary amides is 1. The van der Waals surface area contributed by atoms with Crippen LogP contribution in [0.15, 0.2) is 18.2 Å². The van der Waals surface area contributed by atoms with E-state index in [9.17, 15) is 4.79 Å². The predicted octanol–water partition coefficient (Wildman–Crippen LogP) is 1.55. The van der Waals surface area contributed by atoms with Crippen molar-refractivity contribution in [2.45, 2.75) is 57.3 Å². The lowest BCUT2D eigenvalue weighted by atomic mass is 9.96. The monoisotopic (exact) mass is 273 g/mol. The van der Waals surface area contributed by atoms with E-state index in [0.717, 1.165) is 24.9 Å². The number of hydrogen-bond acceptors (Lipinski definition) is 3. The minimum Gasteiger partial charge on any atom is -0.366 e. The molecule has 20 heavy (non-hydrogen) atoms. The number of nitrogens with two attached hydrogens (primary N) is 2. The van der Waals surface area contributed by atoms with E-state index >= 15 is 0 Å². The van der Waals surface area contributed by atoms with Gasteiger partial charge in [-0.1, -0.05) is 6.07 Å². The highest BCUT2D eigenvalue weighted by Crippen LogP contribution is 2.36. The summed E-state index contributed by atoms with van der Waals surface area (Å²) in [6.07, 6.45) is 4.79. The van der Waals surface area contributed by atoms with Crippen molar-refractivity contribution in [1.29, 1.82) is 0 Å². The lowest BCUT2D eigenvalue weighted by Crippen LogP contribution is -2.46. The van der Waals surface area contributed by atoms with Crippen LogP contribution >= 0.6 is 0 Å². The van der Waals surface area contributed by atoms with E-state index in [1.807, 2.05) is 18.2 Å². The smallest absolute Gasteiger partial charge is 0.248 e. The molecule has 2 bridgehead atoms. The maximum atomic E-state index is 11.2. The second kappa shape index (κ2) is 5.19. The van der Waals surface area contributed by atoms with E-state index in [4.69, 9.17) is 11.5 Å². The van der Waals surface area contributed by atoms with Crippen LogP contribution in [-0.4, -0.2) is 28.9 Å². The van der Waals surface area contributed by atoms with Crippen molar-refractivity contribution in [3.63, 3.8) is 0 Å². The molecule has 0 aliphatic carbocycles. The summed E-state index contributed by atoms with van der Waals surface area (Å²) in [5.41, 5.74) is 14.5. The van der Waals surface area contributed by atoms with Gasteiger partial charge in [-0.05, 0) is 55.9 Å². The SMILES string of the molecule is Cc1cc(C(N)=O)ccc1CN1C2CCC1CC(N)C2. The first-order chi connectivity index (χ1) is 9.54. The number of piperidine rings is 1. The zero-order valence-corrected chi connectivity index (χ0v) is 12.0. The van der Waals surface area contributed by atoms with E-state index in [-0.39, 0.29) is 5.91 Å². The Labute approximate surface area is 120 Å². The highest BCUT2D eigenvalue weighted by molar-refractivity contribution is 5.93. The van der Waals surface area contributed by atoms with Crippen LogP contribution in [0.25, 0.3) is 0 Å². The van der Waals surface area contributed by atoms with Crippen molar-refractivity contribution in [3.05, 3.63) is 34.9 Å². The fraction of sp³-hybridized carbons (Fsp3) is 0.562. The van der Waals surface area contributed by atoms with Crippen LogP contribution in [0.5, 0.6) is 0 Å². The molecule has 4 heteroatoms. The molecule has 0 aromatic heterocycles. The molecule has 2 heterocycles. The molecule has 2 aliphatic rings. The van der Waals surface area contributed by atoms with E-state index in [1.165, 1.54) is 18.4 Å². The van der Waals surface area contributed by atoms with Gasteiger partial charge >= 0.3 is 0 Å². The van der Waals surface area contributed by atoms with Gasteiger partial charge < -0.3 is 11.5 Å². The highest BCUT2D eigenvalue weighted by Gasteiger charge is 2.39. The van der Waals surface area contributed by atoms with Gasteiger partial charge in [0.2, 0.25) is 5.91 Å². The van der Waals surface area contributed by atoms with Crippen molar-refractivity contribution >= 4 is 5.91 Å². The summed E-state index contributed by atoms with van der Waals surface area (Å²) in [6, 6.07) is 7.43. The molecular formula is C16H23N3O. The summed E-state index contributed by atoms with van der Waals surface area (Å²) in [5.74, 6) is -0.358. The summed E-state index contributed by atoms with van der Waals surface area (Å²) in [6.45, 7) is 3.02. The van der Waals surface area contributed by atoms with Gasteiger partial charge in [-0.2, -0.15) is 0 Å². The molecule has 2 saturated heterocycles. The largest absolute Gasteiger partial charge is 0.366 e. The molecule has 1 aromatic carbocycles. The number of carbonyl (C=O) groups is 1. The van der Waals surface area contributed by atoms with Crippen molar-refractivity contribution < 1.29 is 4.79 Å². The third-order valence-electron chi connectivity index (χ3n) is 4.90. The van der Waals surface area contributed by atoms with Crippen LogP contribution in [-0.2, 0) is 6.54 Å². The lowest BCUT2D eigenvalue weighted by molar-refractivity contribution is 0.1000. The number of benzene rings is 1. The zero-order chi connectivity index (χ0) is 14.3. The topological polar surface area (TPSA) is 72.4 Å². The average Bonchev–Trinajstić information content (AvgIpc) is 2.63. The number of amides is 1. The number of aryl methyl sites for hydroxylation is 1. The quantitative estimate of drug-likeness (QED) is 0.877. The van der Waals surface area contributed by atoms with E-state index < -0.39 is 0 Å².